The van der Waals surface area contributed by atoms with Crippen LogP contribution >= 0.6 is 12.2 Å². The molecule has 0 heterocycles. The van der Waals surface area contributed by atoms with Gasteiger partial charge in [-0.25, -0.2) is 0 Å². The fourth-order valence-electron chi connectivity index (χ4n) is 0.948. The number of ether oxygens (including phenoxy) is 1. The summed E-state index contributed by atoms with van der Waals surface area (Å²) in [6, 6.07) is 0. The Bertz CT molecular complexity index is 162. The van der Waals surface area contributed by atoms with Crippen LogP contribution in [0.15, 0.2) is 0 Å². The Kier molecular flexibility index (Phi) is 7.80. The van der Waals surface area contributed by atoms with Gasteiger partial charge in [0.25, 0.3) is 0 Å². The normalized spacial score (nSPS) is 10.4. The van der Waals surface area contributed by atoms with Crippen molar-refractivity contribution in [3.8, 4) is 0 Å². The lowest BCUT2D eigenvalue weighted by Crippen LogP contribution is -2.39. The standard InChI is InChI=1S/C10H22N2OS/c1-9(2)5-7-12(3)10(14)11-6-8-13-4/h9H,5-8H2,1-4H3,(H,11,14). The Morgan fingerprint density at radius 2 is 2.14 bits per heavy atom. The topological polar surface area (TPSA) is 24.5 Å². The van der Waals surface area contributed by atoms with E-state index in [1.54, 1.807) is 7.11 Å². The van der Waals surface area contributed by atoms with Crippen LogP contribution in [0.5, 0.6) is 0 Å². The summed E-state index contributed by atoms with van der Waals surface area (Å²) in [5, 5.41) is 3.95. The molecule has 1 N–H and O–H groups in total. The fraction of sp³-hybridized carbons (Fsp3) is 0.900. The molecule has 0 atom stereocenters. The molecule has 0 rings (SSSR count). The molecular weight excluding hydrogens is 196 g/mol. The first kappa shape index (κ1) is 13.7. The molecule has 0 unspecified atom stereocenters. The predicted octanol–water partition coefficient (Wildman–Crippen LogP) is 1.49. The first-order chi connectivity index (χ1) is 6.57. The van der Waals surface area contributed by atoms with Crippen molar-refractivity contribution in [2.45, 2.75) is 20.3 Å². The minimum atomic E-state index is 0.693. The highest BCUT2D eigenvalue weighted by molar-refractivity contribution is 7.80. The fourth-order valence-corrected chi connectivity index (χ4v) is 1.14. The van der Waals surface area contributed by atoms with Crippen molar-refractivity contribution in [1.82, 2.24) is 10.2 Å². The summed E-state index contributed by atoms with van der Waals surface area (Å²) in [5.74, 6) is 0.722. The van der Waals surface area contributed by atoms with E-state index in [0.29, 0.717) is 6.61 Å². The Morgan fingerprint density at radius 3 is 2.64 bits per heavy atom. The molecule has 4 heteroatoms. The molecule has 0 aromatic heterocycles. The number of nitrogens with one attached hydrogen (secondary N) is 1. The van der Waals surface area contributed by atoms with Crippen molar-refractivity contribution in [2.24, 2.45) is 5.92 Å². The SMILES string of the molecule is COCCNC(=S)N(C)CCC(C)C. The highest BCUT2D eigenvalue weighted by Crippen LogP contribution is 2.00. The molecule has 0 radical (unpaired) electrons. The molecule has 0 bridgehead atoms. The maximum absolute atomic E-state index is 5.20. The van der Waals surface area contributed by atoms with Gasteiger partial charge < -0.3 is 15.0 Å². The Hall–Kier alpha value is -0.350. The van der Waals surface area contributed by atoms with Gasteiger partial charge >= 0.3 is 0 Å². The lowest BCUT2D eigenvalue weighted by atomic mass is 10.1. The Morgan fingerprint density at radius 1 is 1.50 bits per heavy atom. The summed E-state index contributed by atoms with van der Waals surface area (Å²) in [7, 11) is 3.71. The van der Waals surface area contributed by atoms with Crippen LogP contribution in [0, 0.1) is 5.92 Å². The van der Waals surface area contributed by atoms with Crippen LogP contribution in [0.1, 0.15) is 20.3 Å². The summed E-state index contributed by atoms with van der Waals surface area (Å²) >= 11 is 5.20. The molecule has 0 aliphatic carbocycles. The van der Waals surface area contributed by atoms with Gasteiger partial charge in [0.15, 0.2) is 5.11 Å². The van der Waals surface area contributed by atoms with E-state index in [2.05, 4.69) is 24.1 Å². The number of hydrogen-bond acceptors (Lipinski definition) is 2. The van der Waals surface area contributed by atoms with Crippen molar-refractivity contribution in [3.63, 3.8) is 0 Å². The molecule has 3 nitrogen and oxygen atoms in total. The summed E-state index contributed by atoms with van der Waals surface area (Å²) in [6.45, 7) is 6.92. The van der Waals surface area contributed by atoms with E-state index >= 15 is 0 Å². The summed E-state index contributed by atoms with van der Waals surface area (Å²) in [5.41, 5.74) is 0. The van der Waals surface area contributed by atoms with Gasteiger partial charge in [0.05, 0.1) is 6.61 Å². The maximum Gasteiger partial charge on any atom is 0.168 e. The van der Waals surface area contributed by atoms with Crippen molar-refractivity contribution in [1.29, 1.82) is 0 Å². The van der Waals surface area contributed by atoms with E-state index in [-0.39, 0.29) is 0 Å². The molecular formula is C10H22N2OS. The number of nitrogens with zero attached hydrogens (tertiary/aromatic N) is 1. The van der Waals surface area contributed by atoms with Gasteiger partial charge in [-0.1, -0.05) is 13.8 Å². The van der Waals surface area contributed by atoms with E-state index < -0.39 is 0 Å². The van der Waals surface area contributed by atoms with Gasteiger partial charge in [0.1, 0.15) is 0 Å². The summed E-state index contributed by atoms with van der Waals surface area (Å²) in [4.78, 5) is 2.07. The maximum atomic E-state index is 5.20. The van der Waals surface area contributed by atoms with E-state index in [9.17, 15) is 0 Å². The van der Waals surface area contributed by atoms with Crippen LogP contribution in [-0.4, -0.2) is 43.9 Å². The molecule has 0 aliphatic rings. The number of methoxy groups -OCH3 is 1. The Balaban J connectivity index is 3.54. The predicted molar refractivity (Wildman–Crippen MR) is 64.6 cm³/mol. The van der Waals surface area contributed by atoms with Crippen LogP contribution in [0.4, 0.5) is 0 Å². The van der Waals surface area contributed by atoms with Crippen LogP contribution < -0.4 is 5.32 Å². The zero-order valence-corrected chi connectivity index (χ0v) is 10.5. The zero-order chi connectivity index (χ0) is 11.0. The van der Waals surface area contributed by atoms with Gasteiger partial charge in [0, 0.05) is 27.2 Å². The third-order valence-corrected chi connectivity index (χ3v) is 2.43. The molecule has 0 spiro atoms. The summed E-state index contributed by atoms with van der Waals surface area (Å²) < 4.78 is 4.93. The number of hydrogen-bond donors (Lipinski definition) is 1. The quantitative estimate of drug-likeness (QED) is 0.539. The van der Waals surface area contributed by atoms with E-state index in [1.165, 1.54) is 6.42 Å². The highest BCUT2D eigenvalue weighted by Gasteiger charge is 2.03. The Labute approximate surface area is 92.8 Å². The van der Waals surface area contributed by atoms with Gasteiger partial charge in [-0.2, -0.15) is 0 Å². The number of rotatable bonds is 6. The average molecular weight is 218 g/mol. The monoisotopic (exact) mass is 218 g/mol. The van der Waals surface area contributed by atoms with Gasteiger partial charge in [-0.15, -0.1) is 0 Å². The van der Waals surface area contributed by atoms with Gasteiger partial charge in [-0.05, 0) is 24.6 Å². The van der Waals surface area contributed by atoms with Crippen molar-refractivity contribution >= 4 is 17.3 Å². The second-order valence-electron chi connectivity index (χ2n) is 3.83. The molecule has 0 amide bonds. The molecule has 84 valence electrons. The molecule has 0 aromatic carbocycles. The lowest BCUT2D eigenvalue weighted by molar-refractivity contribution is 0.203. The average Bonchev–Trinajstić information content (AvgIpc) is 2.14. The highest BCUT2D eigenvalue weighted by atomic mass is 32.1. The minimum absolute atomic E-state index is 0.693. The van der Waals surface area contributed by atoms with Crippen LogP contribution in [0.3, 0.4) is 0 Å². The molecule has 0 saturated carbocycles. The first-order valence-corrected chi connectivity index (χ1v) is 5.46. The van der Waals surface area contributed by atoms with E-state index in [4.69, 9.17) is 17.0 Å². The van der Waals surface area contributed by atoms with Crippen LogP contribution in [0.2, 0.25) is 0 Å². The first-order valence-electron chi connectivity index (χ1n) is 5.05. The zero-order valence-electron chi connectivity index (χ0n) is 9.67. The van der Waals surface area contributed by atoms with E-state index in [1.807, 2.05) is 7.05 Å². The van der Waals surface area contributed by atoms with Crippen molar-refractivity contribution in [2.75, 3.05) is 33.9 Å². The molecule has 0 aliphatic heterocycles. The third kappa shape index (κ3) is 7.09. The van der Waals surface area contributed by atoms with Gasteiger partial charge in [0.2, 0.25) is 0 Å². The molecule has 14 heavy (non-hydrogen) atoms. The number of thiocarbonyl (C=S) groups is 1. The third-order valence-electron chi connectivity index (χ3n) is 1.97. The van der Waals surface area contributed by atoms with Gasteiger partial charge in [-0.3, -0.25) is 0 Å². The largest absolute Gasteiger partial charge is 0.383 e. The van der Waals surface area contributed by atoms with Crippen LogP contribution in [0.25, 0.3) is 0 Å². The second kappa shape index (κ2) is 8.00. The lowest BCUT2D eigenvalue weighted by Gasteiger charge is -2.21. The van der Waals surface area contributed by atoms with E-state index in [0.717, 1.165) is 24.1 Å². The smallest absolute Gasteiger partial charge is 0.168 e. The molecule has 0 saturated heterocycles. The molecule has 0 fully saturated rings. The van der Waals surface area contributed by atoms with Crippen LogP contribution in [-0.2, 0) is 4.74 Å². The summed E-state index contributed by atoms with van der Waals surface area (Å²) in [6.07, 6.45) is 1.17. The van der Waals surface area contributed by atoms with Crippen molar-refractivity contribution in [3.05, 3.63) is 0 Å². The molecule has 0 aromatic rings. The van der Waals surface area contributed by atoms with Crippen molar-refractivity contribution < 1.29 is 4.74 Å². The minimum Gasteiger partial charge on any atom is -0.383 e. The second-order valence-corrected chi connectivity index (χ2v) is 4.22.